The number of hydrogen-bond donors (Lipinski definition) is 3. The molecule has 1 heterocycles. The number of amides is 2. The first-order chi connectivity index (χ1) is 7.24. The van der Waals surface area contributed by atoms with Crippen LogP contribution in [0.1, 0.15) is 0 Å². The summed E-state index contributed by atoms with van der Waals surface area (Å²) in [7, 11) is 0. The van der Waals surface area contributed by atoms with Crippen molar-refractivity contribution in [2.45, 2.75) is 6.04 Å². The van der Waals surface area contributed by atoms with Gasteiger partial charge in [-0.2, -0.15) is 0 Å². The standard InChI is InChI=1S/C8H14N2O4S/c11-2-4-14-3-1-9-7(12)6-5-15-8(13)10-6/h6,11H,1-5H2,(H,9,12)(H,10,13). The van der Waals surface area contributed by atoms with Crippen LogP contribution >= 0.6 is 11.8 Å². The van der Waals surface area contributed by atoms with E-state index in [2.05, 4.69) is 10.6 Å². The normalized spacial score (nSPS) is 20.1. The monoisotopic (exact) mass is 234 g/mol. The Hall–Kier alpha value is -0.790. The zero-order valence-corrected chi connectivity index (χ0v) is 9.01. The molecule has 3 N–H and O–H groups in total. The average molecular weight is 234 g/mol. The lowest BCUT2D eigenvalue weighted by atomic mass is 10.3. The summed E-state index contributed by atoms with van der Waals surface area (Å²) >= 11 is 1.11. The third-order valence-electron chi connectivity index (χ3n) is 1.77. The van der Waals surface area contributed by atoms with Gasteiger partial charge in [-0.3, -0.25) is 9.59 Å². The summed E-state index contributed by atoms with van der Waals surface area (Å²) in [5, 5.41) is 13.4. The largest absolute Gasteiger partial charge is 0.394 e. The zero-order chi connectivity index (χ0) is 11.1. The summed E-state index contributed by atoms with van der Waals surface area (Å²) in [6.45, 7) is 0.991. The number of aliphatic hydroxyl groups excluding tert-OH is 1. The van der Waals surface area contributed by atoms with Crippen molar-refractivity contribution < 1.29 is 19.4 Å². The lowest BCUT2D eigenvalue weighted by molar-refractivity contribution is -0.122. The molecule has 0 aromatic heterocycles. The van der Waals surface area contributed by atoms with Crippen molar-refractivity contribution in [3.05, 3.63) is 0 Å². The molecular formula is C8H14N2O4S. The minimum Gasteiger partial charge on any atom is -0.394 e. The third-order valence-corrected chi connectivity index (χ3v) is 2.65. The highest BCUT2D eigenvalue weighted by atomic mass is 32.2. The van der Waals surface area contributed by atoms with Crippen molar-refractivity contribution in [2.75, 3.05) is 32.1 Å². The van der Waals surface area contributed by atoms with Crippen LogP contribution in [-0.2, 0) is 9.53 Å². The molecule has 0 bridgehead atoms. The Bertz CT molecular complexity index is 237. The molecule has 0 radical (unpaired) electrons. The number of rotatable bonds is 6. The second-order valence-electron chi connectivity index (χ2n) is 2.92. The van der Waals surface area contributed by atoms with E-state index in [1.807, 2.05) is 0 Å². The first-order valence-corrected chi connectivity index (χ1v) is 5.62. The molecule has 1 atom stereocenters. The van der Waals surface area contributed by atoms with Gasteiger partial charge in [0.15, 0.2) is 0 Å². The van der Waals surface area contributed by atoms with Gasteiger partial charge >= 0.3 is 0 Å². The molecule has 1 rings (SSSR count). The maximum absolute atomic E-state index is 11.4. The number of ether oxygens (including phenoxy) is 1. The molecule has 0 saturated carbocycles. The van der Waals surface area contributed by atoms with Crippen LogP contribution in [-0.4, -0.2) is 54.4 Å². The van der Waals surface area contributed by atoms with Gasteiger partial charge in [-0.05, 0) is 0 Å². The molecule has 1 saturated heterocycles. The Morgan fingerprint density at radius 1 is 1.67 bits per heavy atom. The van der Waals surface area contributed by atoms with E-state index in [1.165, 1.54) is 0 Å². The first-order valence-electron chi connectivity index (χ1n) is 4.63. The molecule has 86 valence electrons. The van der Waals surface area contributed by atoms with Gasteiger partial charge in [0.25, 0.3) is 5.24 Å². The number of carbonyl (C=O) groups is 2. The molecule has 6 nitrogen and oxygen atoms in total. The maximum atomic E-state index is 11.4. The molecule has 1 aliphatic heterocycles. The molecule has 0 aromatic carbocycles. The summed E-state index contributed by atoms with van der Waals surface area (Å²) < 4.78 is 4.96. The van der Waals surface area contributed by atoms with Crippen LogP contribution in [0.25, 0.3) is 0 Å². The van der Waals surface area contributed by atoms with E-state index in [-0.39, 0.29) is 24.4 Å². The van der Waals surface area contributed by atoms with E-state index in [9.17, 15) is 9.59 Å². The SMILES string of the molecule is O=C1NC(C(=O)NCCOCCO)CS1. The van der Waals surface area contributed by atoms with Gasteiger partial charge in [0.1, 0.15) is 6.04 Å². The van der Waals surface area contributed by atoms with Gasteiger partial charge in [-0.15, -0.1) is 0 Å². The third kappa shape index (κ3) is 4.50. The highest BCUT2D eigenvalue weighted by molar-refractivity contribution is 8.14. The summed E-state index contributed by atoms with van der Waals surface area (Å²) in [5.74, 6) is 0.281. The fourth-order valence-corrected chi connectivity index (χ4v) is 1.84. The number of thioether (sulfide) groups is 1. The van der Waals surface area contributed by atoms with Gasteiger partial charge < -0.3 is 20.5 Å². The topological polar surface area (TPSA) is 87.7 Å². The summed E-state index contributed by atoms with van der Waals surface area (Å²) in [6.07, 6.45) is 0. The molecule has 15 heavy (non-hydrogen) atoms. The van der Waals surface area contributed by atoms with Crippen molar-refractivity contribution in [3.63, 3.8) is 0 Å². The lowest BCUT2D eigenvalue weighted by Gasteiger charge is -2.09. The van der Waals surface area contributed by atoms with Crippen molar-refractivity contribution in [1.82, 2.24) is 10.6 Å². The Balaban J connectivity index is 2.06. The smallest absolute Gasteiger partial charge is 0.279 e. The predicted octanol–water partition coefficient (Wildman–Crippen LogP) is -1.06. The molecule has 1 unspecified atom stereocenters. The van der Waals surface area contributed by atoms with E-state index in [0.717, 1.165) is 11.8 Å². The highest BCUT2D eigenvalue weighted by Crippen LogP contribution is 2.12. The van der Waals surface area contributed by atoms with Gasteiger partial charge in [-0.1, -0.05) is 11.8 Å². The van der Waals surface area contributed by atoms with Crippen molar-refractivity contribution in [3.8, 4) is 0 Å². The van der Waals surface area contributed by atoms with Crippen LogP contribution in [0, 0.1) is 0 Å². The van der Waals surface area contributed by atoms with Gasteiger partial charge in [0.2, 0.25) is 5.91 Å². The van der Waals surface area contributed by atoms with Crippen LogP contribution in [0.15, 0.2) is 0 Å². The zero-order valence-electron chi connectivity index (χ0n) is 8.19. The molecule has 0 aliphatic carbocycles. The van der Waals surface area contributed by atoms with Crippen molar-refractivity contribution in [2.24, 2.45) is 0 Å². The second kappa shape index (κ2) is 6.65. The predicted molar refractivity (Wildman–Crippen MR) is 55.7 cm³/mol. The van der Waals surface area contributed by atoms with E-state index in [0.29, 0.717) is 18.9 Å². The lowest BCUT2D eigenvalue weighted by Crippen LogP contribution is -2.43. The van der Waals surface area contributed by atoms with Crippen LogP contribution in [0.5, 0.6) is 0 Å². The number of nitrogens with one attached hydrogen (secondary N) is 2. The molecule has 1 aliphatic rings. The van der Waals surface area contributed by atoms with Crippen LogP contribution in [0.2, 0.25) is 0 Å². The number of hydrogen-bond acceptors (Lipinski definition) is 5. The van der Waals surface area contributed by atoms with E-state index < -0.39 is 6.04 Å². The highest BCUT2D eigenvalue weighted by Gasteiger charge is 2.27. The van der Waals surface area contributed by atoms with Gasteiger partial charge in [0.05, 0.1) is 19.8 Å². The minimum atomic E-state index is -0.430. The van der Waals surface area contributed by atoms with E-state index >= 15 is 0 Å². The number of aliphatic hydroxyl groups is 1. The Kier molecular flexibility index (Phi) is 5.44. The maximum Gasteiger partial charge on any atom is 0.279 e. The molecule has 2 amide bonds. The molecule has 0 spiro atoms. The summed E-state index contributed by atoms with van der Waals surface area (Å²) in [4.78, 5) is 22.2. The van der Waals surface area contributed by atoms with Gasteiger partial charge in [0, 0.05) is 12.3 Å². The minimum absolute atomic E-state index is 0.0245. The van der Waals surface area contributed by atoms with Crippen molar-refractivity contribution >= 4 is 22.9 Å². The molecular weight excluding hydrogens is 220 g/mol. The molecule has 0 aromatic rings. The van der Waals surface area contributed by atoms with Crippen LogP contribution < -0.4 is 10.6 Å². The average Bonchev–Trinajstić information content (AvgIpc) is 2.64. The Morgan fingerprint density at radius 2 is 2.47 bits per heavy atom. The van der Waals surface area contributed by atoms with Crippen LogP contribution in [0.3, 0.4) is 0 Å². The molecule has 7 heteroatoms. The first kappa shape index (κ1) is 12.3. The number of carbonyl (C=O) groups excluding carboxylic acids is 2. The van der Waals surface area contributed by atoms with Gasteiger partial charge in [-0.25, -0.2) is 0 Å². The van der Waals surface area contributed by atoms with E-state index in [1.54, 1.807) is 0 Å². The van der Waals surface area contributed by atoms with Crippen molar-refractivity contribution in [1.29, 1.82) is 0 Å². The fourth-order valence-electron chi connectivity index (χ4n) is 1.06. The second-order valence-corrected chi connectivity index (χ2v) is 3.92. The van der Waals surface area contributed by atoms with E-state index in [4.69, 9.17) is 9.84 Å². The Labute approximate surface area is 91.7 Å². The Morgan fingerprint density at radius 3 is 3.07 bits per heavy atom. The van der Waals surface area contributed by atoms with Crippen LogP contribution in [0.4, 0.5) is 4.79 Å². The summed E-state index contributed by atoms with van der Waals surface area (Å²) in [6, 6.07) is -0.430. The fraction of sp³-hybridized carbons (Fsp3) is 0.750. The quantitative estimate of drug-likeness (QED) is 0.510. The summed E-state index contributed by atoms with van der Waals surface area (Å²) in [5.41, 5.74) is 0. The molecule has 1 fully saturated rings.